The SMILES string of the molecule is [C-]#[N+]c1cc(N)ccc1COP. The summed E-state index contributed by atoms with van der Waals surface area (Å²) in [6.07, 6.45) is 0. The van der Waals surface area contributed by atoms with Crippen LogP contribution in [0.1, 0.15) is 5.56 Å². The molecule has 0 saturated heterocycles. The van der Waals surface area contributed by atoms with Crippen molar-refractivity contribution >= 4 is 20.8 Å². The summed E-state index contributed by atoms with van der Waals surface area (Å²) in [5.41, 5.74) is 7.52. The van der Waals surface area contributed by atoms with Crippen molar-refractivity contribution < 1.29 is 4.52 Å². The Labute approximate surface area is 73.6 Å². The number of benzene rings is 1. The summed E-state index contributed by atoms with van der Waals surface area (Å²) in [4.78, 5) is 3.33. The molecule has 0 saturated carbocycles. The Kier molecular flexibility index (Phi) is 3.04. The van der Waals surface area contributed by atoms with Crippen LogP contribution in [-0.4, -0.2) is 0 Å². The van der Waals surface area contributed by atoms with Crippen LogP contribution in [0.4, 0.5) is 11.4 Å². The molecule has 4 heteroatoms. The normalized spacial score (nSPS) is 9.33. The molecule has 0 aromatic heterocycles. The first-order valence-electron chi connectivity index (χ1n) is 3.35. The van der Waals surface area contributed by atoms with Crippen molar-refractivity contribution in [2.45, 2.75) is 6.61 Å². The maximum absolute atomic E-state index is 6.87. The number of nitrogen functional groups attached to an aromatic ring is 1. The average molecular weight is 180 g/mol. The van der Waals surface area contributed by atoms with Crippen LogP contribution in [0.5, 0.6) is 0 Å². The van der Waals surface area contributed by atoms with E-state index in [0.717, 1.165) is 5.56 Å². The molecule has 0 aliphatic carbocycles. The van der Waals surface area contributed by atoms with Gasteiger partial charge in [-0.2, -0.15) is 0 Å². The van der Waals surface area contributed by atoms with Crippen molar-refractivity contribution in [3.05, 3.63) is 35.2 Å². The van der Waals surface area contributed by atoms with Gasteiger partial charge >= 0.3 is 0 Å². The van der Waals surface area contributed by atoms with Crippen LogP contribution in [0.3, 0.4) is 0 Å². The molecule has 0 aliphatic heterocycles. The Hall–Kier alpha value is -1.10. The number of nitrogens with two attached hydrogens (primary N) is 1. The van der Waals surface area contributed by atoms with Crippen LogP contribution in [0.2, 0.25) is 0 Å². The second-order valence-electron chi connectivity index (χ2n) is 2.31. The molecule has 1 atom stereocenters. The first kappa shape index (κ1) is 8.99. The van der Waals surface area contributed by atoms with Crippen molar-refractivity contribution in [1.82, 2.24) is 0 Å². The molecule has 62 valence electrons. The summed E-state index contributed by atoms with van der Waals surface area (Å²) >= 11 is 0. The maximum atomic E-state index is 6.87. The van der Waals surface area contributed by atoms with Gasteiger partial charge in [-0.05, 0) is 17.7 Å². The van der Waals surface area contributed by atoms with E-state index in [2.05, 4.69) is 14.3 Å². The van der Waals surface area contributed by atoms with Gasteiger partial charge in [0.2, 0.25) is 0 Å². The molecule has 0 aliphatic rings. The quantitative estimate of drug-likeness (QED) is 0.430. The first-order chi connectivity index (χ1) is 5.77. The topological polar surface area (TPSA) is 39.6 Å². The molecule has 2 N–H and O–H groups in total. The smallest absolute Gasteiger partial charge is 0.194 e. The summed E-state index contributed by atoms with van der Waals surface area (Å²) < 4.78 is 4.84. The van der Waals surface area contributed by atoms with Gasteiger partial charge in [-0.3, -0.25) is 0 Å². The predicted octanol–water partition coefficient (Wildman–Crippen LogP) is 2.13. The highest BCUT2D eigenvalue weighted by molar-refractivity contribution is 7.09. The van der Waals surface area contributed by atoms with E-state index in [0.29, 0.717) is 18.0 Å². The van der Waals surface area contributed by atoms with Gasteiger partial charge in [0.1, 0.15) is 0 Å². The van der Waals surface area contributed by atoms with Crippen molar-refractivity contribution in [1.29, 1.82) is 0 Å². The zero-order valence-corrected chi connectivity index (χ0v) is 7.60. The lowest BCUT2D eigenvalue weighted by Gasteiger charge is -2.02. The van der Waals surface area contributed by atoms with Crippen LogP contribution in [-0.2, 0) is 11.1 Å². The molecule has 1 aromatic carbocycles. The van der Waals surface area contributed by atoms with E-state index in [1.54, 1.807) is 18.2 Å². The summed E-state index contributed by atoms with van der Waals surface area (Å²) in [6, 6.07) is 5.20. The molecule has 0 heterocycles. The van der Waals surface area contributed by atoms with E-state index < -0.39 is 0 Å². The molecule has 3 nitrogen and oxygen atoms in total. The second-order valence-corrected chi connectivity index (χ2v) is 2.64. The van der Waals surface area contributed by atoms with E-state index in [1.165, 1.54) is 0 Å². The third-order valence-electron chi connectivity index (χ3n) is 1.47. The van der Waals surface area contributed by atoms with Crippen LogP contribution in [0.25, 0.3) is 4.85 Å². The third kappa shape index (κ3) is 1.94. The maximum Gasteiger partial charge on any atom is 0.194 e. The van der Waals surface area contributed by atoms with Crippen LogP contribution >= 0.6 is 9.47 Å². The summed E-state index contributed by atoms with van der Waals surface area (Å²) in [6.45, 7) is 7.29. The molecule has 0 fully saturated rings. The van der Waals surface area contributed by atoms with Crippen LogP contribution in [0, 0.1) is 6.57 Å². The van der Waals surface area contributed by atoms with Crippen molar-refractivity contribution in [3.63, 3.8) is 0 Å². The number of hydrogen-bond acceptors (Lipinski definition) is 2. The zero-order valence-electron chi connectivity index (χ0n) is 6.45. The van der Waals surface area contributed by atoms with Gasteiger partial charge in [0.05, 0.1) is 13.2 Å². The fourth-order valence-electron chi connectivity index (χ4n) is 0.897. The van der Waals surface area contributed by atoms with E-state index in [4.69, 9.17) is 16.8 Å². The van der Waals surface area contributed by atoms with Gasteiger partial charge in [-0.15, -0.1) is 0 Å². The molecule has 0 radical (unpaired) electrons. The minimum absolute atomic E-state index is 0.419. The van der Waals surface area contributed by atoms with Gasteiger partial charge in [0.25, 0.3) is 0 Å². The Balaban J connectivity index is 3.05. The number of anilines is 1. The Bertz CT molecular complexity index is 319. The third-order valence-corrected chi connectivity index (χ3v) is 1.64. The minimum Gasteiger partial charge on any atom is -0.400 e. The molecule has 12 heavy (non-hydrogen) atoms. The fourth-order valence-corrected chi connectivity index (χ4v) is 1.08. The molecule has 1 rings (SSSR count). The van der Waals surface area contributed by atoms with Gasteiger partial charge < -0.3 is 10.3 Å². The molecule has 1 unspecified atom stereocenters. The molecule has 0 spiro atoms. The van der Waals surface area contributed by atoms with E-state index in [1.807, 2.05) is 0 Å². The lowest BCUT2D eigenvalue weighted by molar-refractivity contribution is 0.363. The summed E-state index contributed by atoms with van der Waals surface area (Å²) in [7, 11) is 2.15. The fraction of sp³-hybridized carbons (Fsp3) is 0.125. The van der Waals surface area contributed by atoms with Gasteiger partial charge in [-0.1, -0.05) is 6.07 Å². The molecule has 0 amide bonds. The number of rotatable bonds is 2. The van der Waals surface area contributed by atoms with E-state index in [-0.39, 0.29) is 0 Å². The standard InChI is InChI=1S/C8H9N2OP/c1-10-8-4-7(9)3-2-6(8)5-11-12/h2-4H,5,9,12H2. The lowest BCUT2D eigenvalue weighted by Crippen LogP contribution is -1.88. The summed E-state index contributed by atoms with van der Waals surface area (Å²) in [5, 5.41) is 0. The monoisotopic (exact) mass is 180 g/mol. The van der Waals surface area contributed by atoms with Crippen LogP contribution < -0.4 is 5.73 Å². The highest BCUT2D eigenvalue weighted by Gasteiger charge is 2.01. The Morgan fingerprint density at radius 3 is 2.92 bits per heavy atom. The van der Waals surface area contributed by atoms with Crippen molar-refractivity contribution in [2.75, 3.05) is 5.73 Å². The lowest BCUT2D eigenvalue weighted by atomic mass is 10.2. The van der Waals surface area contributed by atoms with Gasteiger partial charge in [0, 0.05) is 15.2 Å². The Morgan fingerprint density at radius 1 is 1.58 bits per heavy atom. The van der Waals surface area contributed by atoms with Crippen LogP contribution in [0.15, 0.2) is 18.2 Å². The largest absolute Gasteiger partial charge is 0.400 e. The molecular formula is C8H9N2OP. The highest BCUT2D eigenvalue weighted by Crippen LogP contribution is 2.23. The first-order valence-corrected chi connectivity index (χ1v) is 3.82. The number of hydrogen-bond donors (Lipinski definition) is 1. The van der Waals surface area contributed by atoms with Crippen molar-refractivity contribution in [3.8, 4) is 0 Å². The molecule has 1 aromatic rings. The molecule has 0 bridgehead atoms. The Morgan fingerprint density at radius 2 is 2.33 bits per heavy atom. The second kappa shape index (κ2) is 4.06. The van der Waals surface area contributed by atoms with Crippen molar-refractivity contribution in [2.24, 2.45) is 0 Å². The summed E-state index contributed by atoms with van der Waals surface area (Å²) in [5.74, 6) is 0. The van der Waals surface area contributed by atoms with E-state index >= 15 is 0 Å². The number of nitrogens with zero attached hydrogens (tertiary/aromatic N) is 1. The van der Waals surface area contributed by atoms with E-state index in [9.17, 15) is 0 Å². The van der Waals surface area contributed by atoms with Gasteiger partial charge in [-0.25, -0.2) is 4.85 Å². The zero-order chi connectivity index (χ0) is 8.97. The average Bonchev–Trinajstić information content (AvgIpc) is 2.08. The van der Waals surface area contributed by atoms with Gasteiger partial charge in [0.15, 0.2) is 5.69 Å². The molecular weight excluding hydrogens is 171 g/mol. The minimum atomic E-state index is 0.419. The highest BCUT2D eigenvalue weighted by atomic mass is 31.0. The predicted molar refractivity (Wildman–Crippen MR) is 51.6 cm³/mol.